The smallest absolute Gasteiger partial charge is 0.410 e. The van der Waals surface area contributed by atoms with Crippen molar-refractivity contribution in [2.75, 3.05) is 32.8 Å². The van der Waals surface area contributed by atoms with E-state index >= 15 is 0 Å². The molecule has 2 aliphatic heterocycles. The molecule has 0 unspecified atom stereocenters. The van der Waals surface area contributed by atoms with E-state index in [1.54, 1.807) is 9.80 Å². The van der Waals surface area contributed by atoms with Crippen LogP contribution in [0.15, 0.2) is 0 Å². The molecule has 2 fully saturated rings. The molecule has 0 aromatic rings. The lowest BCUT2D eigenvalue weighted by molar-refractivity contribution is -0.150. The fourth-order valence-corrected chi connectivity index (χ4v) is 3.80. The molecule has 0 radical (unpaired) electrons. The number of carbonyl (C=O) groups is 3. The Morgan fingerprint density at radius 2 is 1.16 bits per heavy atom. The Balaban J connectivity index is 1.62. The van der Waals surface area contributed by atoms with Crippen molar-refractivity contribution in [3.05, 3.63) is 0 Å². The van der Waals surface area contributed by atoms with Crippen molar-refractivity contribution in [1.82, 2.24) is 9.80 Å². The van der Waals surface area contributed by atoms with E-state index < -0.39 is 11.2 Å². The van der Waals surface area contributed by atoms with Gasteiger partial charge in [-0.1, -0.05) is 0 Å². The summed E-state index contributed by atoms with van der Waals surface area (Å²) < 4.78 is 16.3. The molecule has 0 aromatic heterocycles. The molecule has 31 heavy (non-hydrogen) atoms. The van der Waals surface area contributed by atoms with Crippen LogP contribution >= 0.6 is 0 Å². The van der Waals surface area contributed by atoms with Crippen LogP contribution < -0.4 is 0 Å². The first-order valence-corrected chi connectivity index (χ1v) is 11.5. The summed E-state index contributed by atoms with van der Waals surface area (Å²) in [6.07, 6.45) is 3.23. The van der Waals surface area contributed by atoms with Crippen molar-refractivity contribution in [3.8, 4) is 0 Å². The Bertz CT molecular complexity index is 621. The van der Waals surface area contributed by atoms with Crippen LogP contribution in [0.3, 0.4) is 0 Å². The molecule has 0 atom stereocenters. The lowest BCUT2D eigenvalue weighted by Gasteiger charge is -2.34. The molecule has 0 aliphatic carbocycles. The summed E-state index contributed by atoms with van der Waals surface area (Å²) in [6.45, 7) is 13.9. The van der Waals surface area contributed by atoms with Crippen molar-refractivity contribution in [2.45, 2.75) is 84.8 Å². The fourth-order valence-electron chi connectivity index (χ4n) is 3.80. The summed E-state index contributed by atoms with van der Waals surface area (Å²) in [6, 6.07) is 0. The SMILES string of the molecule is CC(C)(C)OC(=O)N1CCC(CCOC(=O)C2CCN(C(=O)OC(C)(C)C)CC2)CC1. The average molecular weight is 441 g/mol. The second-order valence-electron chi connectivity index (χ2n) is 10.6. The number of nitrogens with zero attached hydrogens (tertiary/aromatic N) is 2. The predicted octanol–water partition coefficient (Wildman–Crippen LogP) is 4.21. The molecule has 178 valence electrons. The molecule has 0 spiro atoms. The van der Waals surface area contributed by atoms with Crippen molar-refractivity contribution in [3.63, 3.8) is 0 Å². The number of carbonyl (C=O) groups excluding carboxylic acids is 3. The number of likely N-dealkylation sites (tertiary alicyclic amines) is 2. The minimum atomic E-state index is -0.518. The van der Waals surface area contributed by atoms with Gasteiger partial charge in [0.1, 0.15) is 11.2 Å². The van der Waals surface area contributed by atoms with Gasteiger partial charge in [0.2, 0.25) is 0 Å². The summed E-state index contributed by atoms with van der Waals surface area (Å²) in [5.74, 6) is 0.114. The summed E-state index contributed by atoms with van der Waals surface area (Å²) in [5.41, 5.74) is -0.999. The minimum Gasteiger partial charge on any atom is -0.465 e. The van der Waals surface area contributed by atoms with Crippen molar-refractivity contribution >= 4 is 18.2 Å². The van der Waals surface area contributed by atoms with Crippen LogP contribution in [0.4, 0.5) is 9.59 Å². The van der Waals surface area contributed by atoms with E-state index in [-0.39, 0.29) is 24.1 Å². The number of rotatable bonds is 4. The van der Waals surface area contributed by atoms with E-state index in [1.165, 1.54) is 0 Å². The highest BCUT2D eigenvalue weighted by Crippen LogP contribution is 2.24. The van der Waals surface area contributed by atoms with E-state index in [2.05, 4.69) is 0 Å². The van der Waals surface area contributed by atoms with Crippen molar-refractivity contribution < 1.29 is 28.6 Å². The van der Waals surface area contributed by atoms with Crippen LogP contribution in [0.1, 0.15) is 73.6 Å². The first-order valence-electron chi connectivity index (χ1n) is 11.5. The van der Waals surface area contributed by atoms with E-state index in [1.807, 2.05) is 41.5 Å². The zero-order chi connectivity index (χ0) is 23.2. The van der Waals surface area contributed by atoms with Gasteiger partial charge < -0.3 is 24.0 Å². The van der Waals surface area contributed by atoms with Gasteiger partial charge in [-0.15, -0.1) is 0 Å². The standard InChI is InChI=1S/C23H40N2O6/c1-22(2,3)30-20(27)24-12-7-17(8-13-24)11-16-29-19(26)18-9-14-25(15-10-18)21(28)31-23(4,5)6/h17-18H,7-16H2,1-6H3. The molecule has 8 nitrogen and oxygen atoms in total. The maximum absolute atomic E-state index is 12.4. The normalized spacial score (nSPS) is 19.2. The summed E-state index contributed by atoms with van der Waals surface area (Å²) in [4.78, 5) is 40.1. The molecular weight excluding hydrogens is 400 g/mol. The van der Waals surface area contributed by atoms with Gasteiger partial charge >= 0.3 is 18.2 Å². The van der Waals surface area contributed by atoms with Crippen LogP contribution in [0.25, 0.3) is 0 Å². The molecule has 2 aliphatic rings. The first kappa shape index (κ1) is 25.3. The number of amides is 2. The Morgan fingerprint density at radius 1 is 0.742 bits per heavy atom. The number of hydrogen-bond acceptors (Lipinski definition) is 6. The molecule has 2 heterocycles. The Hall–Kier alpha value is -1.99. The van der Waals surface area contributed by atoms with Crippen LogP contribution in [0, 0.1) is 11.8 Å². The maximum atomic E-state index is 12.4. The summed E-state index contributed by atoms with van der Waals surface area (Å²) >= 11 is 0. The number of ether oxygens (including phenoxy) is 3. The molecule has 0 saturated carbocycles. The molecule has 2 saturated heterocycles. The monoisotopic (exact) mass is 440 g/mol. The Kier molecular flexibility index (Phi) is 8.60. The quantitative estimate of drug-likeness (QED) is 0.481. The van der Waals surface area contributed by atoms with E-state index in [9.17, 15) is 14.4 Å². The van der Waals surface area contributed by atoms with Gasteiger partial charge in [0.15, 0.2) is 0 Å². The largest absolute Gasteiger partial charge is 0.465 e. The predicted molar refractivity (Wildman–Crippen MR) is 117 cm³/mol. The van der Waals surface area contributed by atoms with Gasteiger partial charge in [0.05, 0.1) is 12.5 Å². The molecular formula is C23H40N2O6. The number of hydrogen-bond donors (Lipinski definition) is 0. The molecule has 8 heteroatoms. The highest BCUT2D eigenvalue weighted by atomic mass is 16.6. The third-order valence-corrected chi connectivity index (χ3v) is 5.52. The van der Waals surface area contributed by atoms with E-state index in [4.69, 9.17) is 14.2 Å². The third-order valence-electron chi connectivity index (χ3n) is 5.52. The van der Waals surface area contributed by atoms with Crippen molar-refractivity contribution in [2.24, 2.45) is 11.8 Å². The van der Waals surface area contributed by atoms with Crippen LogP contribution in [0.5, 0.6) is 0 Å². The van der Waals surface area contributed by atoms with E-state index in [0.717, 1.165) is 19.3 Å². The lowest BCUT2D eigenvalue weighted by Crippen LogP contribution is -2.43. The maximum Gasteiger partial charge on any atom is 0.410 e. The zero-order valence-corrected chi connectivity index (χ0v) is 20.1. The minimum absolute atomic E-state index is 0.160. The topological polar surface area (TPSA) is 85.4 Å². The Labute approximate surface area is 186 Å². The van der Waals surface area contributed by atoms with Crippen molar-refractivity contribution in [1.29, 1.82) is 0 Å². The zero-order valence-electron chi connectivity index (χ0n) is 20.1. The van der Waals surface area contributed by atoms with E-state index in [0.29, 0.717) is 51.5 Å². The summed E-state index contributed by atoms with van der Waals surface area (Å²) in [7, 11) is 0. The highest BCUT2D eigenvalue weighted by Gasteiger charge is 2.31. The summed E-state index contributed by atoms with van der Waals surface area (Å²) in [5, 5.41) is 0. The fraction of sp³-hybridized carbons (Fsp3) is 0.870. The van der Waals surface area contributed by atoms with Gasteiger partial charge in [-0.3, -0.25) is 4.79 Å². The number of esters is 1. The third kappa shape index (κ3) is 8.95. The van der Waals surface area contributed by atoms with Gasteiger partial charge in [-0.2, -0.15) is 0 Å². The van der Waals surface area contributed by atoms with Crippen LogP contribution in [0.2, 0.25) is 0 Å². The lowest BCUT2D eigenvalue weighted by atomic mass is 9.94. The van der Waals surface area contributed by atoms with Crippen LogP contribution in [-0.2, 0) is 19.0 Å². The molecule has 2 rings (SSSR count). The van der Waals surface area contributed by atoms with Gasteiger partial charge in [-0.25, -0.2) is 9.59 Å². The van der Waals surface area contributed by atoms with Gasteiger partial charge in [0.25, 0.3) is 0 Å². The molecule has 0 bridgehead atoms. The molecule has 0 N–H and O–H groups in total. The van der Waals surface area contributed by atoms with Crippen LogP contribution in [-0.4, -0.2) is 71.9 Å². The average Bonchev–Trinajstić information content (AvgIpc) is 2.66. The molecule has 0 aromatic carbocycles. The second-order valence-corrected chi connectivity index (χ2v) is 10.6. The Morgan fingerprint density at radius 3 is 1.58 bits per heavy atom. The van der Waals surface area contributed by atoms with Gasteiger partial charge in [0, 0.05) is 26.2 Å². The van der Waals surface area contributed by atoms with Gasteiger partial charge in [-0.05, 0) is 79.6 Å². The second kappa shape index (κ2) is 10.6. The molecule has 2 amide bonds. The first-order chi connectivity index (χ1) is 14.3. The highest BCUT2D eigenvalue weighted by molar-refractivity contribution is 5.73. The number of piperidine rings is 2.